The van der Waals surface area contributed by atoms with E-state index in [0.29, 0.717) is 13.1 Å². The molecule has 1 aliphatic rings. The Morgan fingerprint density at radius 2 is 1.69 bits per heavy atom. The number of hydrogen-bond donors (Lipinski definition) is 3. The van der Waals surface area contributed by atoms with Gasteiger partial charge in [-0.25, -0.2) is 0 Å². The second-order valence-corrected chi connectivity index (χ2v) is 7.75. The fourth-order valence-corrected chi connectivity index (χ4v) is 4.15. The van der Waals surface area contributed by atoms with E-state index in [1.54, 1.807) is 6.26 Å². The summed E-state index contributed by atoms with van der Waals surface area (Å²) in [6.45, 7) is 1.05. The zero-order chi connectivity index (χ0) is 20.1. The lowest BCUT2D eigenvalue weighted by Crippen LogP contribution is -2.37. The number of carbonyl (C=O) groups excluding carboxylic acids is 2. The molecule has 0 unspecified atom stereocenters. The molecule has 0 aliphatic heterocycles. The third kappa shape index (κ3) is 4.70. The number of aromatic amines is 1. The van der Waals surface area contributed by atoms with Crippen LogP contribution in [0, 0.1) is 11.8 Å². The average Bonchev–Trinajstić information content (AvgIpc) is 3.42. The van der Waals surface area contributed by atoms with Crippen LogP contribution in [0.4, 0.5) is 0 Å². The van der Waals surface area contributed by atoms with E-state index >= 15 is 0 Å². The van der Waals surface area contributed by atoms with Crippen LogP contribution in [0.5, 0.6) is 0 Å². The Hall–Kier alpha value is -3.02. The van der Waals surface area contributed by atoms with Crippen LogP contribution in [0.3, 0.4) is 0 Å². The number of hydrogen-bond acceptors (Lipinski definition) is 3. The first kappa shape index (κ1) is 19.3. The number of benzene rings is 1. The molecule has 6 nitrogen and oxygen atoms in total. The van der Waals surface area contributed by atoms with Crippen LogP contribution < -0.4 is 10.6 Å². The van der Waals surface area contributed by atoms with E-state index in [-0.39, 0.29) is 23.7 Å². The molecule has 1 aromatic carbocycles. The number of rotatable bonds is 7. The van der Waals surface area contributed by atoms with Crippen LogP contribution in [0.2, 0.25) is 0 Å². The number of nitrogens with one attached hydrogen (secondary N) is 3. The fraction of sp³-hybridized carbons (Fsp3) is 0.391. The van der Waals surface area contributed by atoms with Gasteiger partial charge in [0.2, 0.25) is 11.8 Å². The minimum Gasteiger partial charge on any atom is -0.467 e. The SMILES string of the molecule is O=C(NCCc1c[nH]c2ccccc12)C1CCC(C(=O)NCc2ccco2)CC1. The van der Waals surface area contributed by atoms with Crippen molar-refractivity contribution < 1.29 is 14.0 Å². The van der Waals surface area contributed by atoms with E-state index in [1.807, 2.05) is 30.5 Å². The zero-order valence-corrected chi connectivity index (χ0v) is 16.4. The van der Waals surface area contributed by atoms with Crippen LogP contribution in [0.15, 0.2) is 53.3 Å². The molecule has 0 radical (unpaired) electrons. The number of H-pyrrole nitrogens is 1. The minimum atomic E-state index is -0.0137. The summed E-state index contributed by atoms with van der Waals surface area (Å²) in [5.74, 6) is 0.910. The minimum absolute atomic E-state index is 0.00657. The zero-order valence-electron chi connectivity index (χ0n) is 16.4. The predicted octanol–water partition coefficient (Wildman–Crippen LogP) is 3.54. The van der Waals surface area contributed by atoms with Gasteiger partial charge in [-0.1, -0.05) is 18.2 Å². The molecule has 0 bridgehead atoms. The predicted molar refractivity (Wildman–Crippen MR) is 111 cm³/mol. The molecule has 0 atom stereocenters. The Labute approximate surface area is 170 Å². The fourth-order valence-electron chi connectivity index (χ4n) is 4.15. The molecular formula is C23H27N3O3. The number of para-hydroxylation sites is 1. The monoisotopic (exact) mass is 393 g/mol. The summed E-state index contributed by atoms with van der Waals surface area (Å²) in [6.07, 6.45) is 7.46. The van der Waals surface area contributed by atoms with E-state index < -0.39 is 0 Å². The molecule has 3 N–H and O–H groups in total. The lowest BCUT2D eigenvalue weighted by Gasteiger charge is -2.27. The van der Waals surface area contributed by atoms with Gasteiger partial charge in [-0.2, -0.15) is 0 Å². The first-order chi connectivity index (χ1) is 14.2. The number of furan rings is 1. The highest BCUT2D eigenvalue weighted by molar-refractivity contribution is 5.83. The van der Waals surface area contributed by atoms with E-state index in [9.17, 15) is 9.59 Å². The molecule has 1 fully saturated rings. The number of fused-ring (bicyclic) bond motifs is 1. The van der Waals surface area contributed by atoms with E-state index in [1.165, 1.54) is 10.9 Å². The van der Waals surface area contributed by atoms with Gasteiger partial charge in [0.15, 0.2) is 0 Å². The molecule has 1 saturated carbocycles. The summed E-state index contributed by atoms with van der Waals surface area (Å²) in [5, 5.41) is 7.22. The van der Waals surface area contributed by atoms with E-state index in [2.05, 4.69) is 27.8 Å². The topological polar surface area (TPSA) is 87.1 Å². The van der Waals surface area contributed by atoms with Crippen molar-refractivity contribution in [3.63, 3.8) is 0 Å². The summed E-state index contributed by atoms with van der Waals surface area (Å²) in [5.41, 5.74) is 2.34. The van der Waals surface area contributed by atoms with Gasteiger partial charge in [0.25, 0.3) is 0 Å². The summed E-state index contributed by atoms with van der Waals surface area (Å²) < 4.78 is 5.24. The van der Waals surface area contributed by atoms with Gasteiger partial charge in [-0.15, -0.1) is 0 Å². The van der Waals surface area contributed by atoms with Gasteiger partial charge in [-0.05, 0) is 55.9 Å². The van der Waals surface area contributed by atoms with Crippen molar-refractivity contribution in [3.8, 4) is 0 Å². The second-order valence-electron chi connectivity index (χ2n) is 7.75. The highest BCUT2D eigenvalue weighted by atomic mass is 16.3. The molecule has 3 aromatic rings. The Balaban J connectivity index is 1.18. The molecule has 0 saturated heterocycles. The van der Waals surface area contributed by atoms with Crippen LogP contribution in [-0.2, 0) is 22.6 Å². The van der Waals surface area contributed by atoms with Crippen molar-refractivity contribution in [1.29, 1.82) is 0 Å². The van der Waals surface area contributed by atoms with E-state index in [0.717, 1.165) is 43.4 Å². The molecule has 2 amide bonds. The molecule has 4 rings (SSSR count). The first-order valence-electron chi connectivity index (χ1n) is 10.3. The maximum absolute atomic E-state index is 12.5. The van der Waals surface area contributed by atoms with Crippen LogP contribution in [-0.4, -0.2) is 23.3 Å². The van der Waals surface area contributed by atoms with Crippen LogP contribution in [0.1, 0.15) is 37.0 Å². The quantitative estimate of drug-likeness (QED) is 0.574. The molecule has 2 heterocycles. The average molecular weight is 393 g/mol. The van der Waals surface area contributed by atoms with Crippen molar-refractivity contribution in [3.05, 3.63) is 60.2 Å². The largest absolute Gasteiger partial charge is 0.467 e. The Bertz CT molecular complexity index is 953. The van der Waals surface area contributed by atoms with Crippen LogP contribution >= 0.6 is 0 Å². The third-order valence-electron chi connectivity index (χ3n) is 5.85. The molecule has 0 spiro atoms. The number of carbonyl (C=O) groups is 2. The maximum atomic E-state index is 12.5. The van der Waals surface area contributed by atoms with Gasteiger partial charge in [0, 0.05) is 35.5 Å². The van der Waals surface area contributed by atoms with Gasteiger partial charge in [0.1, 0.15) is 5.76 Å². The Kier molecular flexibility index (Phi) is 5.98. The first-order valence-corrected chi connectivity index (χ1v) is 10.3. The van der Waals surface area contributed by atoms with Gasteiger partial charge in [-0.3, -0.25) is 9.59 Å². The standard InChI is InChI=1S/C23H27N3O3/c27-22(24-12-11-18-14-25-21-6-2-1-5-20(18)21)16-7-9-17(10-8-16)23(28)26-15-19-4-3-13-29-19/h1-6,13-14,16-17,25H,7-12,15H2,(H,24,27)(H,26,28). The van der Waals surface area contributed by atoms with Crippen LogP contribution in [0.25, 0.3) is 10.9 Å². The highest BCUT2D eigenvalue weighted by Gasteiger charge is 2.29. The summed E-state index contributed by atoms with van der Waals surface area (Å²) in [4.78, 5) is 28.1. The Morgan fingerprint density at radius 3 is 2.41 bits per heavy atom. The second kappa shape index (κ2) is 8.99. The summed E-state index contributed by atoms with van der Waals surface area (Å²) >= 11 is 0. The molecule has 29 heavy (non-hydrogen) atoms. The molecule has 2 aromatic heterocycles. The lowest BCUT2D eigenvalue weighted by molar-refractivity contribution is -0.130. The van der Waals surface area contributed by atoms with Crippen molar-refractivity contribution in [2.75, 3.05) is 6.54 Å². The summed E-state index contributed by atoms with van der Waals surface area (Å²) in [7, 11) is 0. The van der Waals surface area contributed by atoms with Gasteiger partial charge >= 0.3 is 0 Å². The number of amides is 2. The summed E-state index contributed by atoms with van der Waals surface area (Å²) in [6, 6.07) is 11.9. The van der Waals surface area contributed by atoms with Crippen molar-refractivity contribution in [1.82, 2.24) is 15.6 Å². The lowest BCUT2D eigenvalue weighted by atomic mass is 9.81. The van der Waals surface area contributed by atoms with Crippen molar-refractivity contribution in [2.24, 2.45) is 11.8 Å². The normalized spacial score (nSPS) is 19.2. The molecule has 6 heteroatoms. The molecular weight excluding hydrogens is 366 g/mol. The van der Waals surface area contributed by atoms with Gasteiger partial charge in [0.05, 0.1) is 12.8 Å². The van der Waals surface area contributed by atoms with Crippen molar-refractivity contribution >= 4 is 22.7 Å². The molecule has 152 valence electrons. The Morgan fingerprint density at radius 1 is 0.966 bits per heavy atom. The highest BCUT2D eigenvalue weighted by Crippen LogP contribution is 2.29. The smallest absolute Gasteiger partial charge is 0.223 e. The number of aromatic nitrogens is 1. The van der Waals surface area contributed by atoms with Gasteiger partial charge < -0.3 is 20.0 Å². The molecule has 1 aliphatic carbocycles. The maximum Gasteiger partial charge on any atom is 0.223 e. The van der Waals surface area contributed by atoms with Crippen molar-refractivity contribution in [2.45, 2.75) is 38.6 Å². The third-order valence-corrected chi connectivity index (χ3v) is 5.85. The van der Waals surface area contributed by atoms with E-state index in [4.69, 9.17) is 4.42 Å².